The molecule has 0 fully saturated rings. The Balaban J connectivity index is 1.79. The zero-order chi connectivity index (χ0) is 21.0. The van der Waals surface area contributed by atoms with Gasteiger partial charge in [-0.3, -0.25) is 4.79 Å². The van der Waals surface area contributed by atoms with Gasteiger partial charge in [0.05, 0.1) is 38.3 Å². The van der Waals surface area contributed by atoms with Crippen LogP contribution in [0.1, 0.15) is 22.3 Å². The topological polar surface area (TPSA) is 95.5 Å². The van der Waals surface area contributed by atoms with Crippen LogP contribution in [0.5, 0.6) is 11.5 Å². The number of carbonyl (C=O) groups excluding carboxylic acids is 2. The van der Waals surface area contributed by atoms with Crippen LogP contribution in [-0.4, -0.2) is 45.0 Å². The number of carbonyl (C=O) groups is 2. The third kappa shape index (κ3) is 4.29. The fraction of sp³-hybridized carbons (Fsp3) is 0.250. The largest absolute Gasteiger partial charge is 0.493 e. The van der Waals surface area contributed by atoms with E-state index in [1.54, 1.807) is 12.1 Å². The fourth-order valence-electron chi connectivity index (χ4n) is 2.83. The fourth-order valence-corrected chi connectivity index (χ4v) is 2.83. The minimum absolute atomic E-state index is 0.0859. The van der Waals surface area contributed by atoms with Gasteiger partial charge in [0.1, 0.15) is 5.82 Å². The van der Waals surface area contributed by atoms with Gasteiger partial charge in [-0.1, -0.05) is 17.3 Å². The van der Waals surface area contributed by atoms with E-state index >= 15 is 0 Å². The summed E-state index contributed by atoms with van der Waals surface area (Å²) in [5.41, 5.74) is 1.23. The van der Waals surface area contributed by atoms with Crippen molar-refractivity contribution in [3.05, 3.63) is 53.3 Å². The molecule has 1 aliphatic heterocycles. The third-order valence-electron chi connectivity index (χ3n) is 4.31. The lowest BCUT2D eigenvalue weighted by molar-refractivity contribution is -0.125. The van der Waals surface area contributed by atoms with Crippen molar-refractivity contribution in [2.45, 2.75) is 12.5 Å². The average molecular weight is 402 g/mol. The van der Waals surface area contributed by atoms with Gasteiger partial charge in [0, 0.05) is 24.1 Å². The molecule has 1 heterocycles. The van der Waals surface area contributed by atoms with E-state index in [1.807, 2.05) is 0 Å². The highest BCUT2D eigenvalue weighted by atomic mass is 19.1. The lowest BCUT2D eigenvalue weighted by Gasteiger charge is -2.16. The summed E-state index contributed by atoms with van der Waals surface area (Å²) in [5.74, 6) is -0.979. The Morgan fingerprint density at radius 3 is 2.52 bits per heavy atom. The number of ether oxygens (including phenoxy) is 3. The Morgan fingerprint density at radius 2 is 1.86 bits per heavy atom. The molecule has 0 aromatic heterocycles. The summed E-state index contributed by atoms with van der Waals surface area (Å²) in [6, 6.07) is 8.71. The number of amides is 1. The second-order valence-corrected chi connectivity index (χ2v) is 6.08. The molecule has 0 bridgehead atoms. The summed E-state index contributed by atoms with van der Waals surface area (Å²) in [6.45, 7) is 0. The number of esters is 1. The quantitative estimate of drug-likeness (QED) is 0.747. The first-order valence-electron chi connectivity index (χ1n) is 8.60. The normalized spacial score (nSPS) is 15.2. The Hall–Kier alpha value is -3.62. The molecular weight excluding hydrogens is 383 g/mol. The number of nitrogens with zero attached hydrogens (tertiary/aromatic N) is 1. The molecule has 2 aromatic rings. The minimum atomic E-state index is -0.938. The molecule has 3 rings (SSSR count). The van der Waals surface area contributed by atoms with Crippen molar-refractivity contribution >= 4 is 23.3 Å². The number of hydrogen-bond acceptors (Lipinski definition) is 7. The Bertz CT molecular complexity index is 975. The summed E-state index contributed by atoms with van der Waals surface area (Å²) in [7, 11) is 4.08. The maximum atomic E-state index is 13.4. The van der Waals surface area contributed by atoms with Crippen molar-refractivity contribution in [2.24, 2.45) is 5.16 Å². The molecule has 8 nitrogen and oxygen atoms in total. The number of methoxy groups -OCH3 is 3. The van der Waals surface area contributed by atoms with Gasteiger partial charge in [-0.05, 0) is 12.1 Å². The third-order valence-corrected chi connectivity index (χ3v) is 4.31. The molecular formula is C20H19FN2O6. The number of halogens is 1. The van der Waals surface area contributed by atoms with E-state index in [1.165, 1.54) is 45.6 Å². The van der Waals surface area contributed by atoms with E-state index in [-0.39, 0.29) is 17.7 Å². The first-order chi connectivity index (χ1) is 14.0. The maximum Gasteiger partial charge on any atom is 0.340 e. The van der Waals surface area contributed by atoms with Crippen LogP contribution in [-0.2, 0) is 14.4 Å². The molecule has 0 spiro atoms. The predicted octanol–water partition coefficient (Wildman–Crippen LogP) is 2.76. The van der Waals surface area contributed by atoms with Gasteiger partial charge >= 0.3 is 5.97 Å². The highest BCUT2D eigenvalue weighted by molar-refractivity contribution is 6.08. The van der Waals surface area contributed by atoms with Crippen molar-refractivity contribution in [2.75, 3.05) is 26.6 Å². The van der Waals surface area contributed by atoms with E-state index in [2.05, 4.69) is 10.5 Å². The lowest BCUT2D eigenvalue weighted by Crippen LogP contribution is -2.29. The Labute approximate surface area is 166 Å². The van der Waals surface area contributed by atoms with E-state index in [0.717, 1.165) is 0 Å². The van der Waals surface area contributed by atoms with Gasteiger partial charge in [-0.25, -0.2) is 9.18 Å². The van der Waals surface area contributed by atoms with Crippen molar-refractivity contribution in [1.82, 2.24) is 0 Å². The monoisotopic (exact) mass is 402 g/mol. The van der Waals surface area contributed by atoms with Crippen LogP contribution in [0.3, 0.4) is 0 Å². The molecule has 0 saturated heterocycles. The summed E-state index contributed by atoms with van der Waals surface area (Å²) in [5, 5.41) is 6.51. The molecule has 152 valence electrons. The molecule has 0 unspecified atom stereocenters. The van der Waals surface area contributed by atoms with E-state index in [4.69, 9.17) is 19.0 Å². The first kappa shape index (κ1) is 20.1. The van der Waals surface area contributed by atoms with Gasteiger partial charge in [0.25, 0.3) is 5.91 Å². The molecule has 1 aliphatic rings. The van der Waals surface area contributed by atoms with Crippen LogP contribution in [0.25, 0.3) is 0 Å². The van der Waals surface area contributed by atoms with Gasteiger partial charge < -0.3 is 24.4 Å². The molecule has 29 heavy (non-hydrogen) atoms. The van der Waals surface area contributed by atoms with Crippen LogP contribution in [0, 0.1) is 5.82 Å². The average Bonchev–Trinajstić information content (AvgIpc) is 3.23. The molecule has 0 saturated carbocycles. The lowest BCUT2D eigenvalue weighted by atomic mass is 10.0. The van der Waals surface area contributed by atoms with Crippen molar-refractivity contribution in [3.63, 3.8) is 0 Å². The summed E-state index contributed by atoms with van der Waals surface area (Å²) in [6.07, 6.45) is -0.789. The van der Waals surface area contributed by atoms with Crippen LogP contribution in [0.15, 0.2) is 41.6 Å². The summed E-state index contributed by atoms with van der Waals surface area (Å²) < 4.78 is 28.6. The Kier molecular flexibility index (Phi) is 5.96. The standard InChI is InChI=1S/C20H19FN2O6/c1-26-16-8-13(20(25)28-3)15(10-17(16)27-2)22-19(24)18-9-14(23-29-18)11-5-4-6-12(21)7-11/h4-8,10,18H,9H2,1-3H3,(H,22,24)/t18-/m1/s1. The van der Waals surface area contributed by atoms with Gasteiger partial charge in [0.2, 0.25) is 6.10 Å². The second-order valence-electron chi connectivity index (χ2n) is 6.08. The van der Waals surface area contributed by atoms with Crippen LogP contribution in [0.2, 0.25) is 0 Å². The van der Waals surface area contributed by atoms with E-state index in [9.17, 15) is 14.0 Å². The smallest absolute Gasteiger partial charge is 0.340 e. The van der Waals surface area contributed by atoms with Crippen molar-refractivity contribution in [1.29, 1.82) is 0 Å². The summed E-state index contributed by atoms with van der Waals surface area (Å²) >= 11 is 0. The highest BCUT2D eigenvalue weighted by Gasteiger charge is 2.30. The van der Waals surface area contributed by atoms with E-state index in [0.29, 0.717) is 22.8 Å². The molecule has 1 amide bonds. The summed E-state index contributed by atoms with van der Waals surface area (Å²) in [4.78, 5) is 30.0. The minimum Gasteiger partial charge on any atom is -0.493 e. The molecule has 2 aromatic carbocycles. The molecule has 9 heteroatoms. The zero-order valence-electron chi connectivity index (χ0n) is 16.0. The van der Waals surface area contributed by atoms with Crippen LogP contribution in [0.4, 0.5) is 10.1 Å². The molecule has 1 N–H and O–H groups in total. The van der Waals surface area contributed by atoms with Crippen LogP contribution < -0.4 is 14.8 Å². The number of hydrogen-bond donors (Lipinski definition) is 1. The second kappa shape index (κ2) is 8.59. The van der Waals surface area contributed by atoms with Gasteiger partial charge in [0.15, 0.2) is 11.5 Å². The molecule has 0 aliphatic carbocycles. The highest BCUT2D eigenvalue weighted by Crippen LogP contribution is 2.34. The van der Waals surface area contributed by atoms with Crippen molar-refractivity contribution < 1.29 is 33.0 Å². The number of benzene rings is 2. The number of anilines is 1. The molecule has 1 atom stereocenters. The number of rotatable bonds is 6. The first-order valence-corrected chi connectivity index (χ1v) is 8.60. The van der Waals surface area contributed by atoms with Gasteiger partial charge in [-0.2, -0.15) is 0 Å². The van der Waals surface area contributed by atoms with E-state index < -0.39 is 23.8 Å². The zero-order valence-corrected chi connectivity index (χ0v) is 16.0. The number of oxime groups is 1. The Morgan fingerprint density at radius 1 is 1.14 bits per heavy atom. The van der Waals surface area contributed by atoms with Crippen LogP contribution >= 0.6 is 0 Å². The SMILES string of the molecule is COC(=O)c1cc(OC)c(OC)cc1NC(=O)[C@H]1CC(c2cccc(F)c2)=NO1. The molecule has 0 radical (unpaired) electrons. The maximum absolute atomic E-state index is 13.4. The predicted molar refractivity (Wildman–Crippen MR) is 102 cm³/mol. The van der Waals surface area contributed by atoms with Crippen molar-refractivity contribution in [3.8, 4) is 11.5 Å². The van der Waals surface area contributed by atoms with Gasteiger partial charge in [-0.15, -0.1) is 0 Å². The number of nitrogens with one attached hydrogen (secondary N) is 1.